The first-order valence-electron chi connectivity index (χ1n) is 18.1. The first-order valence-corrected chi connectivity index (χ1v) is 18.9. The third kappa shape index (κ3) is 10.1. The lowest BCUT2D eigenvalue weighted by Gasteiger charge is -2.34. The average Bonchev–Trinajstić information content (AvgIpc) is 3.15. The molecule has 2 N–H and O–H groups in total. The predicted octanol–water partition coefficient (Wildman–Crippen LogP) is 7.45. The van der Waals surface area contributed by atoms with E-state index in [-0.39, 0.29) is 18.1 Å². The Morgan fingerprint density at radius 1 is 0.900 bits per heavy atom. The van der Waals surface area contributed by atoms with E-state index in [0.717, 1.165) is 67.0 Å². The van der Waals surface area contributed by atoms with Crippen molar-refractivity contribution < 1.29 is 23.5 Å². The fourth-order valence-corrected chi connectivity index (χ4v) is 7.49. The van der Waals surface area contributed by atoms with Crippen LogP contribution in [0.4, 0.5) is 10.1 Å². The molecule has 1 atom stereocenters. The number of nitrogens with two attached hydrogens (primary N) is 1. The second-order valence-electron chi connectivity index (χ2n) is 13.6. The second kappa shape index (κ2) is 18.3. The first-order chi connectivity index (χ1) is 24.2. The number of nitrogens with zero attached hydrogens (tertiary/aromatic N) is 3. The zero-order valence-corrected chi connectivity index (χ0v) is 31.1. The van der Waals surface area contributed by atoms with Gasteiger partial charge in [0.05, 0.1) is 17.9 Å². The quantitative estimate of drug-likeness (QED) is 0.0975. The average molecular weight is 752 g/mol. The highest BCUT2D eigenvalue weighted by molar-refractivity contribution is 9.10. The monoisotopic (exact) mass is 750 g/mol. The largest absolute Gasteiger partial charge is 0.463 e. The van der Waals surface area contributed by atoms with Gasteiger partial charge in [-0.15, -0.1) is 0 Å². The summed E-state index contributed by atoms with van der Waals surface area (Å²) in [6, 6.07) is 21.0. The molecule has 0 spiro atoms. The fraction of sp³-hybridized carbons (Fsp3) is 0.500. The third-order valence-corrected chi connectivity index (χ3v) is 10.9. The van der Waals surface area contributed by atoms with Crippen LogP contribution in [0.1, 0.15) is 73.9 Å². The van der Waals surface area contributed by atoms with Gasteiger partial charge in [0, 0.05) is 61.9 Å². The molecule has 0 bridgehead atoms. The second-order valence-corrected chi connectivity index (χ2v) is 14.5. The molecule has 2 fully saturated rings. The number of carbonyl (C=O) groups excluding carboxylic acids is 2. The Kier molecular flexibility index (Phi) is 13.9. The third-order valence-electron chi connectivity index (χ3n) is 10.2. The summed E-state index contributed by atoms with van der Waals surface area (Å²) in [5.41, 5.74) is 8.63. The molecule has 0 amide bonds. The van der Waals surface area contributed by atoms with Crippen molar-refractivity contribution in [3.8, 4) is 11.1 Å². The molecule has 1 saturated carbocycles. The number of halogens is 2. The molecule has 10 heteroatoms. The van der Waals surface area contributed by atoms with Gasteiger partial charge >= 0.3 is 11.9 Å². The molecule has 50 heavy (non-hydrogen) atoms. The Bertz CT molecular complexity index is 1540. The van der Waals surface area contributed by atoms with E-state index >= 15 is 4.39 Å². The lowest BCUT2D eigenvalue weighted by atomic mass is 9.93. The molecule has 5 rings (SSSR count). The van der Waals surface area contributed by atoms with Crippen molar-refractivity contribution in [3.63, 3.8) is 0 Å². The van der Waals surface area contributed by atoms with Gasteiger partial charge in [-0.3, -0.25) is 9.80 Å². The van der Waals surface area contributed by atoms with Gasteiger partial charge in [-0.1, -0.05) is 80.8 Å². The summed E-state index contributed by atoms with van der Waals surface area (Å²) < 4.78 is 27.2. The number of anilines is 1. The summed E-state index contributed by atoms with van der Waals surface area (Å²) in [6.07, 6.45) is 6.91. The summed E-state index contributed by atoms with van der Waals surface area (Å²) >= 11 is 3.56. The van der Waals surface area contributed by atoms with Crippen molar-refractivity contribution in [2.75, 3.05) is 64.8 Å². The summed E-state index contributed by atoms with van der Waals surface area (Å²) in [5.74, 6) is -1.20. The van der Waals surface area contributed by atoms with E-state index in [1.54, 1.807) is 18.2 Å². The number of piperazine rings is 1. The zero-order chi connectivity index (χ0) is 35.5. The lowest BCUT2D eigenvalue weighted by Crippen LogP contribution is -2.47. The van der Waals surface area contributed by atoms with Gasteiger partial charge in [0.2, 0.25) is 5.67 Å². The number of ether oxygens (including phenoxy) is 2. The maximum absolute atomic E-state index is 15.5. The molecule has 3 aromatic carbocycles. The summed E-state index contributed by atoms with van der Waals surface area (Å²) in [5, 5.41) is 0. The highest BCUT2D eigenvalue weighted by Gasteiger charge is 2.37. The van der Waals surface area contributed by atoms with Crippen LogP contribution in [0.5, 0.6) is 0 Å². The fourth-order valence-electron chi connectivity index (χ4n) is 6.99. The summed E-state index contributed by atoms with van der Waals surface area (Å²) in [7, 11) is 0. The van der Waals surface area contributed by atoms with E-state index in [1.807, 2.05) is 48.5 Å². The van der Waals surface area contributed by atoms with Crippen LogP contribution in [0.3, 0.4) is 0 Å². The topological polar surface area (TPSA) is 88.3 Å². The summed E-state index contributed by atoms with van der Waals surface area (Å²) in [6.45, 7) is 10.4. The number of hydrogen-bond donors (Lipinski definition) is 1. The molecule has 3 aromatic rings. The van der Waals surface area contributed by atoms with Crippen LogP contribution in [0.15, 0.2) is 71.2 Å². The molecule has 1 aliphatic heterocycles. The molecular formula is C40H52BrFN4O4. The van der Waals surface area contributed by atoms with E-state index < -0.39 is 11.6 Å². The number of carbonyl (C=O) groups is 2. The Balaban J connectivity index is 0.989. The molecule has 1 saturated heterocycles. The van der Waals surface area contributed by atoms with Crippen molar-refractivity contribution in [3.05, 3.63) is 87.9 Å². The van der Waals surface area contributed by atoms with E-state index in [1.165, 1.54) is 39.0 Å². The minimum atomic E-state index is -2.22. The SMILES string of the molecule is CCN(Cc1cc(C(=O)OCCN2CCN(CCCOC(=O)C(C)(F)c3ccc(-c4ccccc4)cc3)CC2)cc(Br)c1N)C1CCCCC1. The van der Waals surface area contributed by atoms with Crippen molar-refractivity contribution in [2.24, 2.45) is 0 Å². The van der Waals surface area contributed by atoms with Crippen LogP contribution in [-0.2, 0) is 26.5 Å². The number of esters is 2. The standard InChI is InChI=1S/C40H52BrFN4O4/c1-3-46(35-13-8-5-9-14-35)29-33-27-32(28-36(41)37(33)43)38(47)49-26-24-45-22-20-44(21-23-45)19-10-25-50-39(48)40(2,42)34-17-15-31(16-18-34)30-11-6-4-7-12-30/h4,6-7,11-12,15-18,27-28,35H,3,5,8-10,13-14,19-26,29,43H2,1-2H3. The molecule has 1 unspecified atom stereocenters. The van der Waals surface area contributed by atoms with Crippen molar-refractivity contribution in [1.82, 2.24) is 14.7 Å². The van der Waals surface area contributed by atoms with Crippen molar-refractivity contribution in [1.29, 1.82) is 0 Å². The van der Waals surface area contributed by atoms with Gasteiger partial charge < -0.3 is 20.1 Å². The van der Waals surface area contributed by atoms with Gasteiger partial charge in [0.15, 0.2) is 0 Å². The number of nitrogen functional groups attached to an aromatic ring is 1. The summed E-state index contributed by atoms with van der Waals surface area (Å²) in [4.78, 5) is 32.8. The van der Waals surface area contributed by atoms with Crippen LogP contribution < -0.4 is 5.73 Å². The van der Waals surface area contributed by atoms with Crippen LogP contribution in [0.2, 0.25) is 0 Å². The lowest BCUT2D eigenvalue weighted by molar-refractivity contribution is -0.157. The maximum Gasteiger partial charge on any atom is 0.348 e. The Labute approximate surface area is 305 Å². The van der Waals surface area contributed by atoms with Gasteiger partial charge in [-0.05, 0) is 77.5 Å². The Hall–Kier alpha value is -3.31. The molecule has 0 radical (unpaired) electrons. The number of alkyl halides is 1. The molecule has 1 aliphatic carbocycles. The normalized spacial score (nSPS) is 17.4. The van der Waals surface area contributed by atoms with Crippen molar-refractivity contribution in [2.45, 2.75) is 70.6 Å². The van der Waals surface area contributed by atoms with E-state index in [0.29, 0.717) is 36.9 Å². The molecule has 8 nitrogen and oxygen atoms in total. The molecular weight excluding hydrogens is 699 g/mol. The zero-order valence-electron chi connectivity index (χ0n) is 29.5. The van der Waals surface area contributed by atoms with E-state index in [2.05, 4.69) is 37.6 Å². The van der Waals surface area contributed by atoms with Crippen LogP contribution in [-0.4, -0.2) is 91.7 Å². The van der Waals surface area contributed by atoms with Gasteiger partial charge in [0.25, 0.3) is 0 Å². The van der Waals surface area contributed by atoms with Crippen molar-refractivity contribution >= 4 is 33.6 Å². The van der Waals surface area contributed by atoms with Crippen LogP contribution >= 0.6 is 15.9 Å². The van der Waals surface area contributed by atoms with Crippen LogP contribution in [0.25, 0.3) is 11.1 Å². The minimum Gasteiger partial charge on any atom is -0.463 e. The first kappa shape index (κ1) is 37.9. The van der Waals surface area contributed by atoms with Crippen LogP contribution in [0, 0.1) is 0 Å². The van der Waals surface area contributed by atoms with Gasteiger partial charge in [0.1, 0.15) is 6.61 Å². The molecule has 1 heterocycles. The van der Waals surface area contributed by atoms with E-state index in [4.69, 9.17) is 15.2 Å². The Morgan fingerprint density at radius 3 is 2.20 bits per heavy atom. The molecule has 2 aliphatic rings. The highest BCUT2D eigenvalue weighted by Crippen LogP contribution is 2.31. The molecule has 270 valence electrons. The van der Waals surface area contributed by atoms with E-state index in [9.17, 15) is 9.59 Å². The highest BCUT2D eigenvalue weighted by atomic mass is 79.9. The molecule has 0 aromatic heterocycles. The maximum atomic E-state index is 15.5. The number of rotatable bonds is 15. The Morgan fingerprint density at radius 2 is 1.54 bits per heavy atom. The minimum absolute atomic E-state index is 0.163. The number of benzene rings is 3. The van der Waals surface area contributed by atoms with Gasteiger partial charge in [-0.2, -0.15) is 0 Å². The number of hydrogen-bond acceptors (Lipinski definition) is 8. The predicted molar refractivity (Wildman–Crippen MR) is 201 cm³/mol. The van der Waals surface area contributed by atoms with Gasteiger partial charge in [-0.25, -0.2) is 14.0 Å². The smallest absolute Gasteiger partial charge is 0.348 e.